The Morgan fingerprint density at radius 3 is 2.37 bits per heavy atom. The minimum absolute atomic E-state index is 0.0289. The highest BCUT2D eigenvalue weighted by Gasteiger charge is 2.37. The number of hydrogen-bond donors (Lipinski definition) is 0. The Hall–Kier alpha value is -3.51. The van der Waals surface area contributed by atoms with E-state index in [4.69, 9.17) is 16.3 Å². The molecule has 1 aliphatic heterocycles. The van der Waals surface area contributed by atoms with Crippen LogP contribution in [0.25, 0.3) is 12.2 Å². The van der Waals surface area contributed by atoms with E-state index in [0.717, 1.165) is 40.7 Å². The van der Waals surface area contributed by atoms with Crippen molar-refractivity contribution >= 4 is 45.2 Å². The third-order valence-corrected chi connectivity index (χ3v) is 8.39. The standard InChI is InChI=1S/C28H22ClF6NO4S/c1-17(37)8-11-20-16-36(41(38,39)21-5-2-4-19(15-21)27(30,31)32)25-14-18(10-13-26(25)40-20)9-12-22-23(28(33,34)35)6-3-7-24(22)29/h2-7,9-10,12-15,20H,8,11,16H2,1H3. The zero-order valence-corrected chi connectivity index (χ0v) is 22.8. The van der Waals surface area contributed by atoms with E-state index >= 15 is 0 Å². The van der Waals surface area contributed by atoms with Crippen LogP contribution in [-0.2, 0) is 27.2 Å². The van der Waals surface area contributed by atoms with E-state index in [0.29, 0.717) is 6.07 Å². The molecule has 0 aliphatic carbocycles. The van der Waals surface area contributed by atoms with Crippen LogP contribution in [-0.4, -0.2) is 26.8 Å². The number of ketones is 1. The fourth-order valence-corrected chi connectivity index (χ4v) is 6.05. The van der Waals surface area contributed by atoms with Gasteiger partial charge in [-0.25, -0.2) is 8.42 Å². The van der Waals surface area contributed by atoms with Gasteiger partial charge in [-0.1, -0.05) is 42.0 Å². The molecule has 0 fully saturated rings. The summed E-state index contributed by atoms with van der Waals surface area (Å²) in [6, 6.07) is 10.8. The Labute approximate surface area is 237 Å². The number of carbonyl (C=O) groups is 1. The van der Waals surface area contributed by atoms with Gasteiger partial charge in [0.05, 0.1) is 28.3 Å². The fourth-order valence-electron chi connectivity index (χ4n) is 4.27. The summed E-state index contributed by atoms with van der Waals surface area (Å²) in [6.07, 6.45) is -7.59. The molecule has 4 rings (SSSR count). The van der Waals surface area contributed by atoms with Gasteiger partial charge in [0.1, 0.15) is 17.6 Å². The molecular formula is C28H22ClF6NO4S. The highest BCUT2D eigenvalue weighted by atomic mass is 35.5. The van der Waals surface area contributed by atoms with Gasteiger partial charge < -0.3 is 9.53 Å². The summed E-state index contributed by atoms with van der Waals surface area (Å²) in [4.78, 5) is 10.9. The predicted molar refractivity (Wildman–Crippen MR) is 142 cm³/mol. The lowest BCUT2D eigenvalue weighted by atomic mass is 10.0. The first kappa shape index (κ1) is 30.4. The number of rotatable bonds is 7. The normalized spacial score (nSPS) is 16.0. The SMILES string of the molecule is CC(=O)CCC1CN(S(=O)(=O)c2cccc(C(F)(F)F)c2)c2cc(C=Cc3c(Cl)cccc3C(F)(F)F)ccc2O1. The first-order chi connectivity index (χ1) is 19.1. The number of ether oxygens (including phenoxy) is 1. The monoisotopic (exact) mass is 617 g/mol. The molecule has 41 heavy (non-hydrogen) atoms. The van der Waals surface area contributed by atoms with Gasteiger partial charge in [-0.2, -0.15) is 26.3 Å². The first-order valence-corrected chi connectivity index (χ1v) is 13.9. The number of halogens is 7. The average molecular weight is 618 g/mol. The van der Waals surface area contributed by atoms with Crippen molar-refractivity contribution in [2.24, 2.45) is 0 Å². The number of anilines is 1. The summed E-state index contributed by atoms with van der Waals surface area (Å²) in [5, 5.41) is -0.153. The summed E-state index contributed by atoms with van der Waals surface area (Å²) < 4.78 is 115. The Balaban J connectivity index is 1.78. The van der Waals surface area contributed by atoms with Crippen molar-refractivity contribution in [3.05, 3.63) is 87.9 Å². The molecule has 1 atom stereocenters. The van der Waals surface area contributed by atoms with E-state index < -0.39 is 44.5 Å². The molecule has 1 unspecified atom stereocenters. The molecule has 5 nitrogen and oxygen atoms in total. The van der Waals surface area contributed by atoms with Crippen molar-refractivity contribution in [1.82, 2.24) is 0 Å². The molecule has 1 aliphatic rings. The summed E-state index contributed by atoms with van der Waals surface area (Å²) in [6.45, 7) is 1.05. The van der Waals surface area contributed by atoms with Gasteiger partial charge in [-0.3, -0.25) is 4.31 Å². The van der Waals surface area contributed by atoms with Crippen LogP contribution < -0.4 is 9.04 Å². The molecule has 0 saturated carbocycles. The molecule has 0 aromatic heterocycles. The van der Waals surface area contributed by atoms with Crippen molar-refractivity contribution in [2.45, 2.75) is 43.1 Å². The van der Waals surface area contributed by atoms with Gasteiger partial charge in [0.25, 0.3) is 10.0 Å². The lowest BCUT2D eigenvalue weighted by Gasteiger charge is -2.35. The Morgan fingerprint density at radius 2 is 1.71 bits per heavy atom. The number of sulfonamides is 1. The maximum absolute atomic E-state index is 13.7. The summed E-state index contributed by atoms with van der Waals surface area (Å²) in [5.74, 6) is -0.0869. The van der Waals surface area contributed by atoms with Gasteiger partial charge in [-0.15, -0.1) is 0 Å². The lowest BCUT2D eigenvalue weighted by Crippen LogP contribution is -2.43. The minimum atomic E-state index is -4.79. The van der Waals surface area contributed by atoms with Crippen molar-refractivity contribution in [2.75, 3.05) is 10.8 Å². The van der Waals surface area contributed by atoms with E-state index in [9.17, 15) is 39.6 Å². The molecule has 13 heteroatoms. The third-order valence-electron chi connectivity index (χ3n) is 6.28. The molecule has 3 aromatic carbocycles. The fraction of sp³-hybridized carbons (Fsp3) is 0.250. The molecule has 0 N–H and O–H groups in total. The van der Waals surface area contributed by atoms with Gasteiger partial charge in [0, 0.05) is 17.0 Å². The van der Waals surface area contributed by atoms with Crippen LogP contribution in [0.1, 0.15) is 42.0 Å². The zero-order valence-electron chi connectivity index (χ0n) is 21.3. The smallest absolute Gasteiger partial charge is 0.417 e. The largest absolute Gasteiger partial charge is 0.486 e. The topological polar surface area (TPSA) is 63.7 Å². The maximum Gasteiger partial charge on any atom is 0.417 e. The van der Waals surface area contributed by atoms with Crippen LogP contribution in [0, 0.1) is 0 Å². The molecule has 218 valence electrons. The zero-order chi connectivity index (χ0) is 30.2. The van der Waals surface area contributed by atoms with Crippen LogP contribution in [0.2, 0.25) is 5.02 Å². The number of Topliss-reactive ketones (excluding diaryl/α,β-unsaturated/α-hetero) is 1. The van der Waals surface area contributed by atoms with E-state index in [1.54, 1.807) is 0 Å². The summed E-state index contributed by atoms with van der Waals surface area (Å²) in [7, 11) is -4.57. The highest BCUT2D eigenvalue weighted by molar-refractivity contribution is 7.92. The van der Waals surface area contributed by atoms with Crippen molar-refractivity contribution in [3.63, 3.8) is 0 Å². The van der Waals surface area contributed by atoms with Gasteiger partial charge in [-0.05, 0) is 61.4 Å². The number of carbonyl (C=O) groups excluding carboxylic acids is 1. The molecule has 0 radical (unpaired) electrons. The lowest BCUT2D eigenvalue weighted by molar-refractivity contribution is -0.138. The maximum atomic E-state index is 13.7. The van der Waals surface area contributed by atoms with E-state index in [-0.39, 0.29) is 52.8 Å². The number of benzene rings is 3. The second-order valence-electron chi connectivity index (χ2n) is 9.30. The highest BCUT2D eigenvalue weighted by Crippen LogP contribution is 2.41. The molecular weight excluding hydrogens is 596 g/mol. The van der Waals surface area contributed by atoms with Crippen molar-refractivity contribution in [1.29, 1.82) is 0 Å². The third kappa shape index (κ3) is 6.87. The predicted octanol–water partition coefficient (Wildman–Crippen LogP) is 7.87. The Morgan fingerprint density at radius 1 is 1.00 bits per heavy atom. The van der Waals surface area contributed by atoms with Crippen LogP contribution >= 0.6 is 11.6 Å². The number of fused-ring (bicyclic) bond motifs is 1. The Kier molecular flexibility index (Phi) is 8.47. The van der Waals surface area contributed by atoms with E-state index in [1.807, 2.05) is 0 Å². The van der Waals surface area contributed by atoms with Crippen molar-refractivity contribution in [3.8, 4) is 5.75 Å². The summed E-state index contributed by atoms with van der Waals surface area (Å²) >= 11 is 6.02. The van der Waals surface area contributed by atoms with Gasteiger partial charge in [0.15, 0.2) is 0 Å². The molecule has 0 saturated heterocycles. The Bertz CT molecular complexity index is 1600. The van der Waals surface area contributed by atoms with Crippen LogP contribution in [0.5, 0.6) is 5.75 Å². The average Bonchev–Trinajstić information content (AvgIpc) is 2.89. The number of alkyl halides is 6. The summed E-state index contributed by atoms with van der Waals surface area (Å²) in [5.41, 5.74) is -2.18. The second-order valence-corrected chi connectivity index (χ2v) is 11.6. The molecule has 3 aromatic rings. The molecule has 1 heterocycles. The van der Waals surface area contributed by atoms with Crippen LogP contribution in [0.15, 0.2) is 65.6 Å². The first-order valence-electron chi connectivity index (χ1n) is 12.1. The van der Waals surface area contributed by atoms with E-state index in [1.165, 1.54) is 37.3 Å². The van der Waals surface area contributed by atoms with Crippen molar-refractivity contribution < 1.29 is 44.3 Å². The molecule has 0 spiro atoms. The molecule has 0 amide bonds. The number of nitrogens with zero attached hydrogens (tertiary/aromatic N) is 1. The van der Waals surface area contributed by atoms with Crippen LogP contribution in [0.3, 0.4) is 0 Å². The van der Waals surface area contributed by atoms with Gasteiger partial charge in [0.2, 0.25) is 0 Å². The van der Waals surface area contributed by atoms with Crippen LogP contribution in [0.4, 0.5) is 32.0 Å². The van der Waals surface area contributed by atoms with Gasteiger partial charge >= 0.3 is 12.4 Å². The quantitative estimate of drug-likeness (QED) is 0.200. The number of hydrogen-bond acceptors (Lipinski definition) is 4. The molecule has 0 bridgehead atoms. The minimum Gasteiger partial charge on any atom is -0.486 e. The van der Waals surface area contributed by atoms with E-state index in [2.05, 4.69) is 0 Å². The second kappa shape index (κ2) is 11.4.